The maximum absolute atomic E-state index is 13.1. The minimum Gasteiger partial charge on any atom is -0.289 e. The van der Waals surface area contributed by atoms with Gasteiger partial charge in [0.05, 0.1) is 10.7 Å². The second-order valence-electron chi connectivity index (χ2n) is 6.05. The number of hydrogen-bond acceptors (Lipinski definition) is 4. The molecule has 0 radical (unpaired) electrons. The van der Waals surface area contributed by atoms with E-state index in [1.807, 2.05) is 0 Å². The van der Waals surface area contributed by atoms with Crippen LogP contribution in [0.15, 0.2) is 59.7 Å². The topological polar surface area (TPSA) is 68.1 Å². The molecule has 2 aromatic heterocycles. The van der Waals surface area contributed by atoms with Crippen molar-refractivity contribution in [1.29, 1.82) is 0 Å². The van der Waals surface area contributed by atoms with E-state index in [4.69, 9.17) is 11.6 Å². The predicted octanol–water partition coefficient (Wildman–Crippen LogP) is 3.48. The van der Waals surface area contributed by atoms with Crippen molar-refractivity contribution in [3.8, 4) is 5.69 Å². The molecular formula is C19H16ClFN4O2. The van der Waals surface area contributed by atoms with Gasteiger partial charge in [0.15, 0.2) is 5.69 Å². The molecule has 3 aromatic rings. The van der Waals surface area contributed by atoms with Crippen LogP contribution in [-0.4, -0.2) is 26.7 Å². The SMILES string of the molecule is CC(C)N(C(=O)c1nn(-c2ccc(F)cc2)ccc1=O)c1ccc(Cl)cn1. The van der Waals surface area contributed by atoms with Crippen molar-refractivity contribution < 1.29 is 9.18 Å². The van der Waals surface area contributed by atoms with Gasteiger partial charge in [-0.25, -0.2) is 14.1 Å². The number of hydrogen-bond donors (Lipinski definition) is 0. The van der Waals surface area contributed by atoms with Gasteiger partial charge < -0.3 is 0 Å². The number of nitrogens with zero attached hydrogens (tertiary/aromatic N) is 4. The van der Waals surface area contributed by atoms with E-state index in [1.54, 1.807) is 26.0 Å². The Balaban J connectivity index is 2.04. The Morgan fingerprint density at radius 2 is 1.85 bits per heavy atom. The lowest BCUT2D eigenvalue weighted by atomic mass is 10.2. The van der Waals surface area contributed by atoms with Crippen LogP contribution in [0.1, 0.15) is 24.3 Å². The predicted molar refractivity (Wildman–Crippen MR) is 101 cm³/mol. The third-order valence-corrected chi connectivity index (χ3v) is 4.02. The smallest absolute Gasteiger partial charge is 0.284 e. The van der Waals surface area contributed by atoms with E-state index in [0.29, 0.717) is 16.5 Å². The first-order valence-electron chi connectivity index (χ1n) is 8.18. The summed E-state index contributed by atoms with van der Waals surface area (Å²) in [7, 11) is 0. The zero-order valence-electron chi connectivity index (χ0n) is 14.6. The molecule has 0 aliphatic carbocycles. The summed E-state index contributed by atoms with van der Waals surface area (Å²) >= 11 is 5.86. The molecule has 138 valence electrons. The van der Waals surface area contributed by atoms with Crippen molar-refractivity contribution in [2.24, 2.45) is 0 Å². The van der Waals surface area contributed by atoms with E-state index in [-0.39, 0.29) is 11.7 Å². The van der Waals surface area contributed by atoms with Crippen LogP contribution in [0.3, 0.4) is 0 Å². The van der Waals surface area contributed by atoms with Crippen LogP contribution in [0.25, 0.3) is 5.69 Å². The molecule has 0 aliphatic rings. The second kappa shape index (κ2) is 7.67. The summed E-state index contributed by atoms with van der Waals surface area (Å²) in [5.41, 5.74) is -0.253. The molecule has 27 heavy (non-hydrogen) atoms. The summed E-state index contributed by atoms with van der Waals surface area (Å²) < 4.78 is 14.5. The Labute approximate surface area is 159 Å². The maximum atomic E-state index is 13.1. The molecule has 0 aliphatic heterocycles. The molecule has 0 saturated heterocycles. The normalized spacial score (nSPS) is 10.9. The third kappa shape index (κ3) is 4.03. The first-order valence-corrected chi connectivity index (χ1v) is 8.55. The molecule has 0 bridgehead atoms. The quantitative estimate of drug-likeness (QED) is 0.688. The van der Waals surface area contributed by atoms with E-state index in [1.165, 1.54) is 52.3 Å². The van der Waals surface area contributed by atoms with Crippen molar-refractivity contribution in [2.75, 3.05) is 4.90 Å². The van der Waals surface area contributed by atoms with Crippen LogP contribution < -0.4 is 10.3 Å². The molecule has 1 aromatic carbocycles. The number of halogens is 2. The lowest BCUT2D eigenvalue weighted by Crippen LogP contribution is -2.41. The molecule has 0 fully saturated rings. The van der Waals surface area contributed by atoms with Gasteiger partial charge in [0.25, 0.3) is 5.91 Å². The van der Waals surface area contributed by atoms with Gasteiger partial charge in [-0.2, -0.15) is 5.10 Å². The van der Waals surface area contributed by atoms with Crippen molar-refractivity contribution in [3.05, 3.63) is 81.6 Å². The van der Waals surface area contributed by atoms with Crippen LogP contribution >= 0.6 is 11.6 Å². The molecule has 2 heterocycles. The maximum Gasteiger partial charge on any atom is 0.284 e. The molecular weight excluding hydrogens is 371 g/mol. The van der Waals surface area contributed by atoms with Crippen LogP contribution in [0.2, 0.25) is 5.02 Å². The minimum atomic E-state index is -0.582. The molecule has 0 saturated carbocycles. The third-order valence-electron chi connectivity index (χ3n) is 3.80. The highest BCUT2D eigenvalue weighted by molar-refractivity contribution is 6.30. The minimum absolute atomic E-state index is 0.257. The number of pyridine rings is 1. The van der Waals surface area contributed by atoms with Crippen LogP contribution in [0.5, 0.6) is 0 Å². The van der Waals surface area contributed by atoms with Crippen molar-refractivity contribution in [2.45, 2.75) is 19.9 Å². The van der Waals surface area contributed by atoms with Crippen molar-refractivity contribution >= 4 is 23.3 Å². The first kappa shape index (κ1) is 18.7. The molecule has 0 spiro atoms. The summed E-state index contributed by atoms with van der Waals surface area (Å²) in [5.74, 6) is -0.616. The molecule has 0 unspecified atom stereocenters. The van der Waals surface area contributed by atoms with Crippen LogP contribution in [0.4, 0.5) is 10.2 Å². The summed E-state index contributed by atoms with van der Waals surface area (Å²) in [6, 6.07) is 9.74. The van der Waals surface area contributed by atoms with Gasteiger partial charge in [-0.05, 0) is 50.2 Å². The highest BCUT2D eigenvalue weighted by Crippen LogP contribution is 2.18. The number of aromatic nitrogens is 3. The van der Waals surface area contributed by atoms with Gasteiger partial charge in [-0.1, -0.05) is 11.6 Å². The second-order valence-corrected chi connectivity index (χ2v) is 6.49. The van der Waals surface area contributed by atoms with Crippen molar-refractivity contribution in [1.82, 2.24) is 14.8 Å². The summed E-state index contributed by atoms with van der Waals surface area (Å²) in [4.78, 5) is 30.9. The first-order chi connectivity index (χ1) is 12.9. The Kier molecular flexibility index (Phi) is 5.32. The van der Waals surface area contributed by atoms with E-state index >= 15 is 0 Å². The molecule has 3 rings (SSSR count). The molecule has 6 nitrogen and oxygen atoms in total. The van der Waals surface area contributed by atoms with Gasteiger partial charge in [0, 0.05) is 24.5 Å². The number of carbonyl (C=O) groups is 1. The Morgan fingerprint density at radius 1 is 1.15 bits per heavy atom. The lowest BCUT2D eigenvalue weighted by Gasteiger charge is -2.25. The molecule has 0 N–H and O–H groups in total. The highest BCUT2D eigenvalue weighted by Gasteiger charge is 2.25. The number of rotatable bonds is 4. The molecule has 0 atom stereocenters. The Morgan fingerprint density at radius 3 is 2.44 bits per heavy atom. The average Bonchev–Trinajstić information content (AvgIpc) is 2.64. The van der Waals surface area contributed by atoms with Crippen LogP contribution in [-0.2, 0) is 0 Å². The zero-order valence-corrected chi connectivity index (χ0v) is 15.4. The molecule has 1 amide bonds. The van der Waals surface area contributed by atoms with E-state index in [9.17, 15) is 14.0 Å². The highest BCUT2D eigenvalue weighted by atomic mass is 35.5. The number of amides is 1. The fourth-order valence-corrected chi connectivity index (χ4v) is 2.63. The van der Waals surface area contributed by atoms with E-state index in [0.717, 1.165) is 0 Å². The zero-order chi connectivity index (χ0) is 19.6. The Bertz CT molecular complexity index is 1020. The largest absolute Gasteiger partial charge is 0.289 e. The van der Waals surface area contributed by atoms with Crippen LogP contribution in [0, 0.1) is 5.82 Å². The molecule has 8 heteroatoms. The van der Waals surface area contributed by atoms with Gasteiger partial charge in [0.1, 0.15) is 11.6 Å². The average molecular weight is 387 g/mol. The number of carbonyl (C=O) groups excluding carboxylic acids is 1. The number of anilines is 1. The Hall–Kier alpha value is -3.06. The van der Waals surface area contributed by atoms with E-state index in [2.05, 4.69) is 10.1 Å². The van der Waals surface area contributed by atoms with Gasteiger partial charge in [0.2, 0.25) is 5.43 Å². The van der Waals surface area contributed by atoms with Gasteiger partial charge in [-0.15, -0.1) is 0 Å². The summed E-state index contributed by atoms with van der Waals surface area (Å²) in [6.45, 7) is 3.60. The number of benzene rings is 1. The fraction of sp³-hybridized carbons (Fsp3) is 0.158. The monoisotopic (exact) mass is 386 g/mol. The van der Waals surface area contributed by atoms with E-state index < -0.39 is 17.2 Å². The van der Waals surface area contributed by atoms with Gasteiger partial charge >= 0.3 is 0 Å². The lowest BCUT2D eigenvalue weighted by molar-refractivity contribution is 0.0971. The summed E-state index contributed by atoms with van der Waals surface area (Å²) in [6.07, 6.45) is 2.85. The van der Waals surface area contributed by atoms with Gasteiger partial charge in [-0.3, -0.25) is 14.5 Å². The fourth-order valence-electron chi connectivity index (χ4n) is 2.52. The standard InChI is InChI=1S/C19H16ClFN4O2/c1-12(2)25(17-8-3-13(20)11-22-17)19(27)18-16(26)9-10-24(23-18)15-6-4-14(21)5-7-15/h3-12H,1-2H3. The van der Waals surface area contributed by atoms with Crippen molar-refractivity contribution in [3.63, 3.8) is 0 Å². The summed E-state index contributed by atoms with van der Waals surface area (Å²) in [5, 5.41) is 4.59.